The van der Waals surface area contributed by atoms with E-state index in [-0.39, 0.29) is 5.12 Å². The molecule has 1 rings (SSSR count). The first-order valence-electron chi connectivity index (χ1n) is 6.10. The molecule has 17 heavy (non-hydrogen) atoms. The van der Waals surface area contributed by atoms with Crippen molar-refractivity contribution >= 4 is 16.9 Å². The number of phenolic OH excluding ortho intramolecular Hbond substituents is 1. The van der Waals surface area contributed by atoms with E-state index in [2.05, 4.69) is 0 Å². The minimum absolute atomic E-state index is 0.217. The van der Waals surface area contributed by atoms with Crippen LogP contribution in [0, 0.1) is 0 Å². The topological polar surface area (TPSA) is 37.3 Å². The van der Waals surface area contributed by atoms with Gasteiger partial charge in [0.05, 0.1) is 0 Å². The van der Waals surface area contributed by atoms with Crippen LogP contribution in [0.1, 0.15) is 38.2 Å². The summed E-state index contributed by atoms with van der Waals surface area (Å²) in [6.45, 7) is 1.62. The number of aromatic hydroxyl groups is 1. The van der Waals surface area contributed by atoms with Gasteiger partial charge in [0, 0.05) is 12.7 Å². The van der Waals surface area contributed by atoms with Crippen LogP contribution in [0.15, 0.2) is 24.3 Å². The number of hydrogen-bond donors (Lipinski definition) is 1. The molecule has 0 aliphatic rings. The zero-order valence-electron chi connectivity index (χ0n) is 10.3. The number of rotatable bonds is 7. The van der Waals surface area contributed by atoms with Crippen LogP contribution < -0.4 is 0 Å². The van der Waals surface area contributed by atoms with Crippen molar-refractivity contribution in [2.45, 2.75) is 39.0 Å². The maximum atomic E-state index is 10.7. The van der Waals surface area contributed by atoms with Crippen LogP contribution in [0.3, 0.4) is 0 Å². The molecule has 0 atom stereocenters. The largest absolute Gasteiger partial charge is 0.508 e. The molecule has 3 heteroatoms. The fourth-order valence-electron chi connectivity index (χ4n) is 1.66. The molecule has 0 amide bonds. The van der Waals surface area contributed by atoms with Gasteiger partial charge in [0.1, 0.15) is 5.75 Å². The molecule has 94 valence electrons. The molecule has 0 spiro atoms. The number of aryl methyl sites for hydroxylation is 1. The average molecular weight is 252 g/mol. The van der Waals surface area contributed by atoms with Gasteiger partial charge in [0.15, 0.2) is 5.12 Å². The Bertz CT molecular complexity index is 333. The Balaban J connectivity index is 2.01. The highest BCUT2D eigenvalue weighted by atomic mass is 32.2. The van der Waals surface area contributed by atoms with Gasteiger partial charge in [0.25, 0.3) is 0 Å². The van der Waals surface area contributed by atoms with Crippen molar-refractivity contribution in [1.29, 1.82) is 0 Å². The summed E-state index contributed by atoms with van der Waals surface area (Å²) in [5.41, 5.74) is 1.28. The molecule has 0 aliphatic carbocycles. The lowest BCUT2D eigenvalue weighted by atomic mass is 10.1. The average Bonchev–Trinajstić information content (AvgIpc) is 2.30. The SMILES string of the molecule is CC(=O)SCCCCCCc1ccc(O)cc1. The second-order valence-corrected chi connectivity index (χ2v) is 5.44. The van der Waals surface area contributed by atoms with Gasteiger partial charge in [-0.25, -0.2) is 0 Å². The zero-order chi connectivity index (χ0) is 12.5. The maximum Gasteiger partial charge on any atom is 0.185 e. The van der Waals surface area contributed by atoms with Gasteiger partial charge >= 0.3 is 0 Å². The molecule has 0 bridgehead atoms. The standard InChI is InChI=1S/C14H20O2S/c1-12(15)17-11-5-3-2-4-6-13-7-9-14(16)10-8-13/h7-10,16H,2-6,11H2,1H3. The molecule has 0 radical (unpaired) electrons. The molecular formula is C14H20O2S. The summed E-state index contributed by atoms with van der Waals surface area (Å²) in [5.74, 6) is 1.28. The Morgan fingerprint density at radius 2 is 1.76 bits per heavy atom. The highest BCUT2D eigenvalue weighted by Gasteiger charge is 1.96. The van der Waals surface area contributed by atoms with Crippen molar-refractivity contribution in [2.75, 3.05) is 5.75 Å². The number of benzene rings is 1. The third-order valence-corrected chi connectivity index (χ3v) is 3.50. The van der Waals surface area contributed by atoms with E-state index in [1.54, 1.807) is 19.1 Å². The van der Waals surface area contributed by atoms with Crippen molar-refractivity contribution in [3.63, 3.8) is 0 Å². The van der Waals surface area contributed by atoms with E-state index < -0.39 is 0 Å². The first-order chi connectivity index (χ1) is 8.18. The Morgan fingerprint density at radius 1 is 1.12 bits per heavy atom. The van der Waals surface area contributed by atoms with E-state index in [0.717, 1.165) is 18.6 Å². The molecule has 0 saturated heterocycles. The number of unbranched alkanes of at least 4 members (excludes halogenated alkanes) is 3. The van der Waals surface area contributed by atoms with Gasteiger partial charge in [-0.05, 0) is 37.0 Å². The van der Waals surface area contributed by atoms with Gasteiger partial charge in [-0.3, -0.25) is 4.79 Å². The Hall–Kier alpha value is -0.960. The van der Waals surface area contributed by atoms with Crippen LogP contribution in [-0.4, -0.2) is 16.0 Å². The number of hydrogen-bond acceptors (Lipinski definition) is 3. The van der Waals surface area contributed by atoms with Gasteiger partial charge in [-0.15, -0.1) is 0 Å². The molecule has 2 nitrogen and oxygen atoms in total. The lowest BCUT2D eigenvalue weighted by Crippen LogP contribution is -1.88. The lowest BCUT2D eigenvalue weighted by Gasteiger charge is -2.02. The summed E-state index contributed by atoms with van der Waals surface area (Å²) in [5, 5.41) is 9.36. The van der Waals surface area contributed by atoms with Crippen LogP contribution in [0.2, 0.25) is 0 Å². The van der Waals surface area contributed by atoms with Crippen molar-refractivity contribution in [3.8, 4) is 5.75 Å². The van der Waals surface area contributed by atoms with Gasteiger partial charge in [-0.2, -0.15) is 0 Å². The van der Waals surface area contributed by atoms with Crippen molar-refractivity contribution in [2.24, 2.45) is 0 Å². The number of carbonyl (C=O) groups is 1. The summed E-state index contributed by atoms with van der Waals surface area (Å²) in [4.78, 5) is 10.7. The maximum absolute atomic E-state index is 10.7. The van der Waals surface area contributed by atoms with E-state index in [1.165, 1.54) is 36.6 Å². The normalized spacial score (nSPS) is 10.4. The van der Waals surface area contributed by atoms with E-state index >= 15 is 0 Å². The molecule has 0 aromatic heterocycles. The fraction of sp³-hybridized carbons (Fsp3) is 0.500. The monoisotopic (exact) mass is 252 g/mol. The molecule has 0 unspecified atom stereocenters. The molecule has 0 aliphatic heterocycles. The quantitative estimate of drug-likeness (QED) is 0.750. The van der Waals surface area contributed by atoms with Crippen LogP contribution >= 0.6 is 11.8 Å². The van der Waals surface area contributed by atoms with Crippen molar-refractivity contribution in [1.82, 2.24) is 0 Å². The highest BCUT2D eigenvalue weighted by molar-refractivity contribution is 8.13. The molecule has 1 N–H and O–H groups in total. The van der Waals surface area contributed by atoms with E-state index in [1.807, 2.05) is 12.1 Å². The summed E-state index contributed by atoms with van der Waals surface area (Å²) in [7, 11) is 0. The summed E-state index contributed by atoms with van der Waals surface area (Å²) in [6, 6.07) is 7.42. The van der Waals surface area contributed by atoms with E-state index in [0.29, 0.717) is 5.75 Å². The predicted molar refractivity (Wildman–Crippen MR) is 73.4 cm³/mol. The minimum Gasteiger partial charge on any atom is -0.508 e. The van der Waals surface area contributed by atoms with Gasteiger partial charge < -0.3 is 5.11 Å². The molecule has 0 fully saturated rings. The Morgan fingerprint density at radius 3 is 2.41 bits per heavy atom. The molecular weight excluding hydrogens is 232 g/mol. The number of phenols is 1. The first kappa shape index (κ1) is 14.1. The lowest BCUT2D eigenvalue weighted by molar-refractivity contribution is -0.109. The fourth-order valence-corrected chi connectivity index (χ4v) is 2.30. The van der Waals surface area contributed by atoms with Crippen molar-refractivity contribution in [3.05, 3.63) is 29.8 Å². The smallest absolute Gasteiger partial charge is 0.185 e. The second kappa shape index (κ2) is 8.18. The third kappa shape index (κ3) is 7.05. The van der Waals surface area contributed by atoms with Crippen molar-refractivity contribution < 1.29 is 9.90 Å². The van der Waals surface area contributed by atoms with Gasteiger partial charge in [-0.1, -0.05) is 36.7 Å². The van der Waals surface area contributed by atoms with Crippen LogP contribution in [0.25, 0.3) is 0 Å². The van der Waals surface area contributed by atoms with E-state index in [9.17, 15) is 4.79 Å². The summed E-state index contributed by atoms with van der Waals surface area (Å²) >= 11 is 1.42. The number of carbonyl (C=O) groups excluding carboxylic acids is 1. The molecule has 0 heterocycles. The second-order valence-electron chi connectivity index (χ2n) is 4.17. The zero-order valence-corrected chi connectivity index (χ0v) is 11.1. The van der Waals surface area contributed by atoms with Crippen LogP contribution in [0.5, 0.6) is 5.75 Å². The van der Waals surface area contributed by atoms with Crippen LogP contribution in [-0.2, 0) is 11.2 Å². The van der Waals surface area contributed by atoms with Crippen LogP contribution in [0.4, 0.5) is 0 Å². The summed E-state index contributed by atoms with van der Waals surface area (Å²) < 4.78 is 0. The minimum atomic E-state index is 0.217. The number of thioether (sulfide) groups is 1. The molecule has 1 aromatic carbocycles. The third-order valence-electron chi connectivity index (χ3n) is 2.60. The Kier molecular flexibility index (Phi) is 6.78. The molecule has 1 aromatic rings. The van der Waals surface area contributed by atoms with Gasteiger partial charge in [0.2, 0.25) is 0 Å². The Labute approximate surface area is 107 Å². The predicted octanol–water partition coefficient (Wildman–Crippen LogP) is 3.77. The summed E-state index contributed by atoms with van der Waals surface area (Å²) in [6.07, 6.45) is 5.77. The molecule has 0 saturated carbocycles. The van der Waals surface area contributed by atoms with E-state index in [4.69, 9.17) is 5.11 Å². The first-order valence-corrected chi connectivity index (χ1v) is 7.08. The highest BCUT2D eigenvalue weighted by Crippen LogP contribution is 2.13.